The van der Waals surface area contributed by atoms with Crippen molar-refractivity contribution in [1.82, 2.24) is 24.8 Å². The zero-order valence-electron chi connectivity index (χ0n) is 20.8. The first-order valence-electron chi connectivity index (χ1n) is 12.2. The molecule has 10 nitrogen and oxygen atoms in total. The van der Waals surface area contributed by atoms with E-state index < -0.39 is 0 Å². The molecule has 6 rings (SSSR count). The van der Waals surface area contributed by atoms with Gasteiger partial charge >= 0.3 is 0 Å². The van der Waals surface area contributed by atoms with E-state index >= 15 is 0 Å². The summed E-state index contributed by atoms with van der Waals surface area (Å²) in [6.07, 6.45) is 3.23. The second kappa shape index (κ2) is 10.8. The summed E-state index contributed by atoms with van der Waals surface area (Å²) in [6, 6.07) is 13.2. The summed E-state index contributed by atoms with van der Waals surface area (Å²) in [4.78, 5) is 32.3. The van der Waals surface area contributed by atoms with Crippen LogP contribution in [0.25, 0.3) is 20.8 Å². The number of carbonyl (C=O) groups excluding carboxylic acids is 1. The fraction of sp³-hybridized carbons (Fsp3) is 0.346. The van der Waals surface area contributed by atoms with Crippen molar-refractivity contribution in [3.05, 3.63) is 53.9 Å². The molecule has 1 aromatic carbocycles. The molecule has 0 aliphatic carbocycles. The molecule has 0 radical (unpaired) electrons. The van der Waals surface area contributed by atoms with E-state index in [1.54, 1.807) is 11.3 Å². The third-order valence-corrected chi connectivity index (χ3v) is 7.69. The molecule has 1 amide bonds. The van der Waals surface area contributed by atoms with Crippen molar-refractivity contribution in [1.29, 1.82) is 0 Å². The van der Waals surface area contributed by atoms with Gasteiger partial charge in [-0.05, 0) is 26.3 Å². The van der Waals surface area contributed by atoms with Gasteiger partial charge in [0.1, 0.15) is 16.6 Å². The van der Waals surface area contributed by atoms with E-state index in [1.165, 1.54) is 5.56 Å². The quantitative estimate of drug-likeness (QED) is 0.330. The van der Waals surface area contributed by atoms with Gasteiger partial charge in [-0.3, -0.25) is 9.69 Å². The maximum absolute atomic E-state index is 9.29. The molecule has 3 aromatic heterocycles. The van der Waals surface area contributed by atoms with Crippen molar-refractivity contribution in [3.63, 3.8) is 0 Å². The third kappa shape index (κ3) is 5.38. The lowest BCUT2D eigenvalue weighted by Gasteiger charge is -2.34. The van der Waals surface area contributed by atoms with E-state index in [4.69, 9.17) is 19.7 Å². The van der Waals surface area contributed by atoms with Gasteiger partial charge in [0.05, 0.1) is 16.8 Å². The van der Waals surface area contributed by atoms with E-state index in [0.29, 0.717) is 12.1 Å². The highest BCUT2D eigenvalue weighted by Gasteiger charge is 2.43. The van der Waals surface area contributed by atoms with E-state index in [1.807, 2.05) is 25.3 Å². The van der Waals surface area contributed by atoms with E-state index in [9.17, 15) is 5.11 Å². The number of fused-ring (bicyclic) bond motifs is 3. The number of aryl methyl sites for hydroxylation is 2. The van der Waals surface area contributed by atoms with Crippen molar-refractivity contribution < 1.29 is 9.90 Å². The SMILES string of the molecule is Cc1cccc(-c2nc3cc(Nc4cc(C)nc(N5CC6CC5CN6CCO)n4)ncc3s2)c1.NC=O. The number of primary amides is 1. The molecule has 2 fully saturated rings. The van der Waals surface area contributed by atoms with Gasteiger partial charge in [-0.1, -0.05) is 23.8 Å². The Labute approximate surface area is 219 Å². The summed E-state index contributed by atoms with van der Waals surface area (Å²) >= 11 is 1.65. The van der Waals surface area contributed by atoms with Crippen LogP contribution in [0.15, 0.2) is 42.6 Å². The van der Waals surface area contributed by atoms with Gasteiger partial charge in [-0.2, -0.15) is 4.98 Å². The number of piperazine rings is 1. The molecule has 0 saturated carbocycles. The highest BCUT2D eigenvalue weighted by molar-refractivity contribution is 7.21. The Hall–Kier alpha value is -3.67. The molecule has 37 heavy (non-hydrogen) atoms. The molecule has 2 unspecified atom stereocenters. The number of thiazole rings is 1. The molecule has 11 heteroatoms. The Bertz CT molecular complexity index is 1410. The Kier molecular flexibility index (Phi) is 7.26. The molecule has 2 aliphatic rings. The van der Waals surface area contributed by atoms with E-state index in [2.05, 4.69) is 57.0 Å². The Balaban J connectivity index is 0.000000892. The van der Waals surface area contributed by atoms with E-state index in [0.717, 1.165) is 70.1 Å². The second-order valence-corrected chi connectivity index (χ2v) is 10.3. The first-order chi connectivity index (χ1) is 18.0. The maximum atomic E-state index is 9.29. The number of anilines is 3. The molecule has 4 aromatic rings. The first-order valence-corrected chi connectivity index (χ1v) is 13.0. The van der Waals surface area contributed by atoms with Crippen molar-refractivity contribution in [2.75, 3.05) is 36.5 Å². The van der Waals surface area contributed by atoms with Crippen molar-refractivity contribution in [3.8, 4) is 10.6 Å². The summed E-state index contributed by atoms with van der Waals surface area (Å²) in [6.45, 7) is 6.90. The number of β-amino-alcohol motifs (C(OH)–C–C–N with tert-alkyl or cyclic N) is 1. The minimum Gasteiger partial charge on any atom is -0.395 e. The average molecular weight is 519 g/mol. The fourth-order valence-corrected chi connectivity index (χ4v) is 5.99. The number of nitrogens with two attached hydrogens (primary N) is 1. The molecule has 2 aliphatic heterocycles. The van der Waals surface area contributed by atoms with Crippen LogP contribution >= 0.6 is 11.3 Å². The van der Waals surface area contributed by atoms with E-state index in [-0.39, 0.29) is 13.0 Å². The van der Waals surface area contributed by atoms with Crippen molar-refractivity contribution in [2.45, 2.75) is 32.4 Å². The van der Waals surface area contributed by atoms with Crippen LogP contribution in [0.3, 0.4) is 0 Å². The number of nitrogens with zero attached hydrogens (tertiary/aromatic N) is 6. The Morgan fingerprint density at radius 1 is 1.14 bits per heavy atom. The number of aliphatic hydroxyl groups is 1. The number of amides is 1. The summed E-state index contributed by atoms with van der Waals surface area (Å²) in [5.41, 5.74) is 8.36. The van der Waals surface area contributed by atoms with Crippen LogP contribution in [0.1, 0.15) is 17.7 Å². The molecular formula is C26H30N8O2S. The molecule has 0 spiro atoms. The fourth-order valence-electron chi connectivity index (χ4n) is 5.08. The van der Waals surface area contributed by atoms with Gasteiger partial charge in [0.2, 0.25) is 12.4 Å². The molecule has 2 atom stereocenters. The van der Waals surface area contributed by atoms with Crippen LogP contribution in [-0.2, 0) is 4.79 Å². The molecule has 2 bridgehead atoms. The van der Waals surface area contributed by atoms with Crippen LogP contribution in [0.4, 0.5) is 17.6 Å². The van der Waals surface area contributed by atoms with Gasteiger partial charge in [-0.25, -0.2) is 15.0 Å². The molecule has 192 valence electrons. The van der Waals surface area contributed by atoms with Gasteiger partial charge in [0, 0.05) is 61.3 Å². The highest BCUT2D eigenvalue weighted by atomic mass is 32.1. The monoisotopic (exact) mass is 518 g/mol. The zero-order valence-corrected chi connectivity index (χ0v) is 21.6. The smallest absolute Gasteiger partial charge is 0.227 e. The topological polar surface area (TPSA) is 133 Å². The number of rotatable bonds is 6. The predicted molar refractivity (Wildman–Crippen MR) is 146 cm³/mol. The van der Waals surface area contributed by atoms with Gasteiger partial charge in [0.25, 0.3) is 0 Å². The van der Waals surface area contributed by atoms with Crippen LogP contribution < -0.4 is 16.0 Å². The largest absolute Gasteiger partial charge is 0.395 e. The Morgan fingerprint density at radius 3 is 2.70 bits per heavy atom. The van der Waals surface area contributed by atoms with Crippen LogP contribution in [0, 0.1) is 13.8 Å². The second-order valence-electron chi connectivity index (χ2n) is 9.30. The molecule has 5 heterocycles. The summed E-state index contributed by atoms with van der Waals surface area (Å²) in [7, 11) is 0. The number of aromatic nitrogens is 4. The standard InChI is InChI=1S/C25H27N7OS.CH3NO/c1-15-4-3-5-17(8-15)24-28-20-11-22(26-12-21(20)34-24)29-23-9-16(2)27-25(30-23)32-14-18-10-19(32)13-31(18)6-7-33;2-1-3/h3-5,8-9,11-12,18-19,33H,6-7,10,13-14H2,1-2H3,(H,26,27,29,30);1H,(H2,2,3). The lowest BCUT2D eigenvalue weighted by Crippen LogP contribution is -2.47. The number of pyridine rings is 1. The average Bonchev–Trinajstić information content (AvgIpc) is 3.58. The number of hydrogen-bond donors (Lipinski definition) is 3. The lowest BCUT2D eigenvalue weighted by atomic mass is 10.1. The normalized spacial score (nSPS) is 18.6. The Morgan fingerprint density at radius 2 is 1.97 bits per heavy atom. The molecule has 4 N–H and O–H groups in total. The minimum atomic E-state index is 0.209. The predicted octanol–water partition coefficient (Wildman–Crippen LogP) is 2.87. The van der Waals surface area contributed by atoms with Crippen molar-refractivity contribution in [2.24, 2.45) is 5.73 Å². The maximum Gasteiger partial charge on any atom is 0.227 e. The van der Waals surface area contributed by atoms with Gasteiger partial charge < -0.3 is 21.1 Å². The number of likely N-dealkylation sites (tertiary alicyclic amines) is 1. The van der Waals surface area contributed by atoms with Gasteiger partial charge in [0.15, 0.2) is 0 Å². The van der Waals surface area contributed by atoms with Crippen LogP contribution in [0.5, 0.6) is 0 Å². The van der Waals surface area contributed by atoms with Crippen molar-refractivity contribution >= 4 is 45.5 Å². The first kappa shape index (κ1) is 25.0. The van der Waals surface area contributed by atoms with Crippen LogP contribution in [-0.4, -0.2) is 74.7 Å². The highest BCUT2D eigenvalue weighted by Crippen LogP contribution is 2.34. The zero-order chi connectivity index (χ0) is 25.9. The number of aliphatic hydroxyl groups excluding tert-OH is 1. The number of nitrogens with one attached hydrogen (secondary N) is 1. The van der Waals surface area contributed by atoms with Gasteiger partial charge in [-0.15, -0.1) is 11.3 Å². The van der Waals surface area contributed by atoms with Crippen LogP contribution in [0.2, 0.25) is 0 Å². The summed E-state index contributed by atoms with van der Waals surface area (Å²) in [5, 5.41) is 13.7. The molecular weight excluding hydrogens is 488 g/mol. The number of hydrogen-bond acceptors (Lipinski definition) is 10. The summed E-state index contributed by atoms with van der Waals surface area (Å²) in [5.74, 6) is 2.21. The third-order valence-electron chi connectivity index (χ3n) is 6.64. The molecule has 2 saturated heterocycles. The summed E-state index contributed by atoms with van der Waals surface area (Å²) < 4.78 is 1.06. The lowest BCUT2D eigenvalue weighted by molar-refractivity contribution is -0.106. The number of carbonyl (C=O) groups is 1. The number of benzene rings is 1. The minimum absolute atomic E-state index is 0.209.